The van der Waals surface area contributed by atoms with Gasteiger partial charge in [0.15, 0.2) is 5.69 Å². The number of hydrogen-bond donors (Lipinski definition) is 2. The standard InChI is InChI=1S/C10H17N3O4S/c1-2-3-6-18(16,17)12-4-5-13-7-9(10(14)15)11-8-13/h7-8,12H,2-6H2,1H3,(H,14,15). The quantitative estimate of drug-likeness (QED) is 0.710. The van der Waals surface area contributed by atoms with Gasteiger partial charge in [-0.15, -0.1) is 0 Å². The van der Waals surface area contributed by atoms with E-state index in [0.717, 1.165) is 6.42 Å². The molecule has 0 amide bonds. The second-order valence-corrected chi connectivity index (χ2v) is 5.80. The Kier molecular flexibility index (Phi) is 5.29. The fourth-order valence-electron chi connectivity index (χ4n) is 1.33. The van der Waals surface area contributed by atoms with Gasteiger partial charge in [-0.25, -0.2) is 22.9 Å². The van der Waals surface area contributed by atoms with Gasteiger partial charge in [-0.2, -0.15) is 0 Å². The molecule has 0 unspecified atom stereocenters. The third-order valence-electron chi connectivity index (χ3n) is 2.31. The summed E-state index contributed by atoms with van der Waals surface area (Å²) in [6.07, 6.45) is 4.18. The van der Waals surface area contributed by atoms with Gasteiger partial charge in [-0.3, -0.25) is 0 Å². The molecule has 0 aliphatic heterocycles. The summed E-state index contributed by atoms with van der Waals surface area (Å²) in [6, 6.07) is 0. The maximum absolute atomic E-state index is 11.5. The van der Waals surface area contributed by atoms with Gasteiger partial charge in [-0.05, 0) is 6.42 Å². The molecule has 0 spiro atoms. The number of aromatic nitrogens is 2. The maximum Gasteiger partial charge on any atom is 0.356 e. The minimum Gasteiger partial charge on any atom is -0.476 e. The third kappa shape index (κ3) is 4.84. The summed E-state index contributed by atoms with van der Waals surface area (Å²) in [5.41, 5.74) is -0.0520. The van der Waals surface area contributed by atoms with Crippen LogP contribution in [-0.4, -0.2) is 41.3 Å². The van der Waals surface area contributed by atoms with Crippen molar-refractivity contribution in [3.63, 3.8) is 0 Å². The number of hydrogen-bond acceptors (Lipinski definition) is 4. The van der Waals surface area contributed by atoms with Crippen LogP contribution in [0.3, 0.4) is 0 Å². The number of carbonyl (C=O) groups is 1. The van der Waals surface area contributed by atoms with Gasteiger partial charge < -0.3 is 9.67 Å². The first kappa shape index (κ1) is 14.7. The van der Waals surface area contributed by atoms with Crippen LogP contribution >= 0.6 is 0 Å². The lowest BCUT2D eigenvalue weighted by molar-refractivity contribution is 0.0691. The van der Waals surface area contributed by atoms with Crippen molar-refractivity contribution in [3.8, 4) is 0 Å². The Morgan fingerprint density at radius 1 is 1.56 bits per heavy atom. The van der Waals surface area contributed by atoms with Gasteiger partial charge in [0, 0.05) is 19.3 Å². The third-order valence-corrected chi connectivity index (χ3v) is 3.78. The molecule has 1 rings (SSSR count). The smallest absolute Gasteiger partial charge is 0.356 e. The molecule has 1 aromatic rings. The van der Waals surface area contributed by atoms with Gasteiger partial charge in [0.25, 0.3) is 0 Å². The predicted molar refractivity (Wildman–Crippen MR) is 65.9 cm³/mol. The first-order chi connectivity index (χ1) is 8.44. The average molecular weight is 275 g/mol. The number of rotatable bonds is 8. The molecule has 102 valence electrons. The highest BCUT2D eigenvalue weighted by molar-refractivity contribution is 7.89. The maximum atomic E-state index is 11.5. The van der Waals surface area contributed by atoms with Gasteiger partial charge in [0.1, 0.15) is 0 Å². The van der Waals surface area contributed by atoms with E-state index in [1.54, 1.807) is 0 Å². The van der Waals surface area contributed by atoms with Crippen LogP contribution in [0.5, 0.6) is 0 Å². The van der Waals surface area contributed by atoms with Crippen LogP contribution in [0.4, 0.5) is 0 Å². The minimum absolute atomic E-state index is 0.0520. The molecule has 2 N–H and O–H groups in total. The summed E-state index contributed by atoms with van der Waals surface area (Å²) in [5, 5.41) is 8.66. The normalized spacial score (nSPS) is 11.6. The van der Waals surface area contributed by atoms with Crippen LogP contribution in [0.15, 0.2) is 12.5 Å². The van der Waals surface area contributed by atoms with E-state index in [1.807, 2.05) is 6.92 Å². The number of imidazole rings is 1. The molecule has 0 aliphatic carbocycles. The van der Waals surface area contributed by atoms with Gasteiger partial charge in [0.2, 0.25) is 10.0 Å². The highest BCUT2D eigenvalue weighted by atomic mass is 32.2. The molecule has 1 heterocycles. The summed E-state index contributed by atoms with van der Waals surface area (Å²) >= 11 is 0. The molecule has 0 saturated heterocycles. The molecular formula is C10H17N3O4S. The van der Waals surface area contributed by atoms with Crippen molar-refractivity contribution in [2.45, 2.75) is 26.3 Å². The number of sulfonamides is 1. The molecule has 0 atom stereocenters. The molecule has 0 saturated carbocycles. The minimum atomic E-state index is -3.22. The van der Waals surface area contributed by atoms with Crippen molar-refractivity contribution in [2.75, 3.05) is 12.3 Å². The van der Waals surface area contributed by atoms with E-state index >= 15 is 0 Å². The molecule has 1 aromatic heterocycles. The monoisotopic (exact) mass is 275 g/mol. The molecule has 18 heavy (non-hydrogen) atoms. The number of nitrogens with zero attached hydrogens (tertiary/aromatic N) is 2. The zero-order valence-electron chi connectivity index (χ0n) is 10.2. The summed E-state index contributed by atoms with van der Waals surface area (Å²) in [6.45, 7) is 2.50. The topological polar surface area (TPSA) is 101 Å². The zero-order chi connectivity index (χ0) is 13.6. The van der Waals surface area contributed by atoms with E-state index in [0.29, 0.717) is 13.0 Å². The molecular weight excluding hydrogens is 258 g/mol. The number of nitrogens with one attached hydrogen (secondary N) is 1. The van der Waals surface area contributed by atoms with E-state index in [9.17, 15) is 13.2 Å². The Balaban J connectivity index is 2.39. The molecule has 0 aliphatic rings. The number of carboxylic acid groups (broad SMARTS) is 1. The van der Waals surface area contributed by atoms with Crippen LogP contribution in [-0.2, 0) is 16.6 Å². The summed E-state index contributed by atoms with van der Waals surface area (Å²) in [5.74, 6) is -0.981. The van der Waals surface area contributed by atoms with E-state index in [2.05, 4.69) is 9.71 Å². The largest absolute Gasteiger partial charge is 0.476 e. The fraction of sp³-hybridized carbons (Fsp3) is 0.600. The van der Waals surface area contributed by atoms with Crippen molar-refractivity contribution >= 4 is 16.0 Å². The molecule has 8 heteroatoms. The SMILES string of the molecule is CCCCS(=O)(=O)NCCn1cnc(C(=O)O)c1. The Morgan fingerprint density at radius 2 is 2.28 bits per heavy atom. The summed E-state index contributed by atoms with van der Waals surface area (Å²) in [7, 11) is -3.22. The van der Waals surface area contributed by atoms with Crippen molar-refractivity contribution in [1.29, 1.82) is 0 Å². The first-order valence-corrected chi connectivity index (χ1v) is 7.32. The lowest BCUT2D eigenvalue weighted by Crippen LogP contribution is -2.29. The molecule has 0 fully saturated rings. The number of aromatic carboxylic acids is 1. The van der Waals surface area contributed by atoms with Crippen LogP contribution in [0.2, 0.25) is 0 Å². The van der Waals surface area contributed by atoms with Gasteiger partial charge in [0.05, 0.1) is 12.1 Å². The second-order valence-electron chi connectivity index (χ2n) is 3.87. The highest BCUT2D eigenvalue weighted by Crippen LogP contribution is 1.97. The van der Waals surface area contributed by atoms with Crippen molar-refractivity contribution in [3.05, 3.63) is 18.2 Å². The zero-order valence-corrected chi connectivity index (χ0v) is 11.0. The average Bonchev–Trinajstić information content (AvgIpc) is 2.75. The first-order valence-electron chi connectivity index (χ1n) is 5.67. The van der Waals surface area contributed by atoms with E-state index in [-0.39, 0.29) is 18.0 Å². The molecule has 0 radical (unpaired) electrons. The number of unbranched alkanes of at least 4 members (excludes halogenated alkanes) is 1. The predicted octanol–water partition coefficient (Wildman–Crippen LogP) is 0.301. The van der Waals surface area contributed by atoms with Crippen molar-refractivity contribution in [1.82, 2.24) is 14.3 Å². The fourth-order valence-corrected chi connectivity index (χ4v) is 2.54. The van der Waals surface area contributed by atoms with E-state index in [1.165, 1.54) is 17.1 Å². The Bertz CT molecular complexity index is 495. The second kappa shape index (κ2) is 6.50. The molecule has 7 nitrogen and oxygen atoms in total. The van der Waals surface area contributed by atoms with Gasteiger partial charge >= 0.3 is 5.97 Å². The van der Waals surface area contributed by atoms with Crippen LogP contribution in [0.25, 0.3) is 0 Å². The van der Waals surface area contributed by atoms with Crippen molar-refractivity contribution in [2.24, 2.45) is 0 Å². The molecule has 0 bridgehead atoms. The van der Waals surface area contributed by atoms with Crippen LogP contribution in [0.1, 0.15) is 30.3 Å². The number of carboxylic acids is 1. The van der Waals surface area contributed by atoms with Crippen LogP contribution < -0.4 is 4.72 Å². The highest BCUT2D eigenvalue weighted by Gasteiger charge is 2.09. The van der Waals surface area contributed by atoms with E-state index < -0.39 is 16.0 Å². The Morgan fingerprint density at radius 3 is 2.83 bits per heavy atom. The summed E-state index contributed by atoms with van der Waals surface area (Å²) < 4.78 is 26.9. The Labute approximate surface area is 106 Å². The summed E-state index contributed by atoms with van der Waals surface area (Å²) in [4.78, 5) is 14.2. The Hall–Kier alpha value is -1.41. The lowest BCUT2D eigenvalue weighted by Gasteiger charge is -2.06. The molecule has 0 aromatic carbocycles. The van der Waals surface area contributed by atoms with Gasteiger partial charge in [-0.1, -0.05) is 13.3 Å². The van der Waals surface area contributed by atoms with E-state index in [4.69, 9.17) is 5.11 Å². The van der Waals surface area contributed by atoms with Crippen LogP contribution in [0, 0.1) is 0 Å². The van der Waals surface area contributed by atoms with Crippen molar-refractivity contribution < 1.29 is 18.3 Å². The lowest BCUT2D eigenvalue weighted by atomic mass is 10.4.